The molecule has 1 aromatic heterocycles. The number of methoxy groups -OCH3 is 1. The Bertz CT molecular complexity index is 1150. The summed E-state index contributed by atoms with van der Waals surface area (Å²) in [5.41, 5.74) is 2.90. The van der Waals surface area contributed by atoms with Crippen LogP contribution in [-0.2, 0) is 11.3 Å². The molecule has 0 bridgehead atoms. The highest BCUT2D eigenvalue weighted by atomic mass is 19.1. The van der Waals surface area contributed by atoms with E-state index < -0.39 is 16.9 Å². The Morgan fingerprint density at radius 1 is 1.19 bits per heavy atom. The zero-order chi connectivity index (χ0) is 22.1. The first-order valence-electron chi connectivity index (χ1n) is 9.48. The lowest BCUT2D eigenvalue weighted by atomic mass is 10.0. The van der Waals surface area contributed by atoms with Crippen LogP contribution in [0.15, 0.2) is 54.6 Å². The smallest absolute Gasteiger partial charge is 0.269 e. The summed E-state index contributed by atoms with van der Waals surface area (Å²) < 4.78 is 18.9. The third kappa shape index (κ3) is 3.82. The largest absolute Gasteiger partial charge is 0.380 e. The van der Waals surface area contributed by atoms with Gasteiger partial charge in [-0.25, -0.2) is 9.37 Å². The van der Waals surface area contributed by atoms with Crippen molar-refractivity contribution in [2.75, 3.05) is 12.0 Å². The molecule has 9 heteroatoms. The Morgan fingerprint density at radius 2 is 1.87 bits per heavy atom. The van der Waals surface area contributed by atoms with Gasteiger partial charge in [-0.2, -0.15) is 0 Å². The molecule has 4 rings (SSSR count). The van der Waals surface area contributed by atoms with E-state index in [2.05, 4.69) is 10.3 Å². The number of nitrogens with zero attached hydrogens (tertiary/aromatic N) is 3. The number of ether oxygens (including phenoxy) is 1. The summed E-state index contributed by atoms with van der Waals surface area (Å²) in [7, 11) is 1.54. The zero-order valence-electron chi connectivity index (χ0n) is 16.8. The molecule has 0 spiro atoms. The minimum atomic E-state index is -0.698. The molecule has 1 aliphatic heterocycles. The molecule has 0 radical (unpaired) electrons. The number of benzene rings is 2. The fourth-order valence-corrected chi connectivity index (χ4v) is 3.68. The Morgan fingerprint density at radius 3 is 2.48 bits per heavy atom. The highest BCUT2D eigenvalue weighted by Crippen LogP contribution is 2.40. The molecular weight excluding hydrogens is 403 g/mol. The van der Waals surface area contributed by atoms with E-state index in [-0.39, 0.29) is 18.2 Å². The number of carbonyl (C=O) groups excluding carboxylic acids is 1. The second kappa shape index (κ2) is 8.11. The van der Waals surface area contributed by atoms with Gasteiger partial charge < -0.3 is 15.0 Å². The fourth-order valence-electron chi connectivity index (χ4n) is 3.68. The highest BCUT2D eigenvalue weighted by Gasteiger charge is 2.36. The van der Waals surface area contributed by atoms with Gasteiger partial charge in [0.1, 0.15) is 17.8 Å². The second-order valence-electron chi connectivity index (χ2n) is 7.13. The van der Waals surface area contributed by atoms with Crippen LogP contribution in [0.3, 0.4) is 0 Å². The number of anilines is 2. The molecule has 0 fully saturated rings. The molecule has 3 aromatic rings. The maximum atomic E-state index is 13.6. The van der Waals surface area contributed by atoms with Gasteiger partial charge in [0.2, 0.25) is 0 Å². The number of aryl methyl sites for hydroxylation is 1. The van der Waals surface area contributed by atoms with E-state index in [1.165, 1.54) is 24.3 Å². The first kappa shape index (κ1) is 20.4. The molecule has 1 unspecified atom stereocenters. The number of non-ortho nitro benzene ring substituents is 1. The zero-order valence-corrected chi connectivity index (χ0v) is 16.8. The molecule has 158 valence electrons. The summed E-state index contributed by atoms with van der Waals surface area (Å²) in [4.78, 5) is 30.0. The summed E-state index contributed by atoms with van der Waals surface area (Å²) in [6, 6.07) is 13.5. The maximum Gasteiger partial charge on any atom is 0.269 e. The number of nitro benzene ring substituents is 1. The molecule has 2 heterocycles. The van der Waals surface area contributed by atoms with Crippen molar-refractivity contribution < 1.29 is 18.8 Å². The van der Waals surface area contributed by atoms with E-state index in [1.807, 2.05) is 6.92 Å². The predicted octanol–water partition coefficient (Wildman–Crippen LogP) is 4.16. The summed E-state index contributed by atoms with van der Waals surface area (Å²) in [6.45, 7) is 2.04. The van der Waals surface area contributed by atoms with Crippen molar-refractivity contribution in [3.63, 3.8) is 0 Å². The minimum Gasteiger partial charge on any atom is -0.380 e. The number of aromatic nitrogens is 1. The van der Waals surface area contributed by atoms with Gasteiger partial charge in [0.25, 0.3) is 11.6 Å². The standard InChI is InChI=1S/C22H19FN4O4/c1-13-11-15(12-31-2)19-21(24-13)26(17-9-5-16(23)6-10-17)20(25-22(19)28)14-3-7-18(8-4-14)27(29)30/h3-11,20H,12H2,1-2H3,(H,25,28). The first-order valence-corrected chi connectivity index (χ1v) is 9.48. The third-order valence-electron chi connectivity index (χ3n) is 5.02. The molecule has 1 N–H and O–H groups in total. The molecule has 8 nitrogen and oxygen atoms in total. The number of halogens is 1. The van der Waals surface area contributed by atoms with Crippen molar-refractivity contribution in [3.05, 3.63) is 92.9 Å². The summed E-state index contributed by atoms with van der Waals surface area (Å²) in [5.74, 6) is -0.323. The van der Waals surface area contributed by atoms with Crippen molar-refractivity contribution in [1.82, 2.24) is 10.3 Å². The number of hydrogen-bond donors (Lipinski definition) is 1. The Labute approximate surface area is 177 Å². The third-order valence-corrected chi connectivity index (χ3v) is 5.02. The second-order valence-corrected chi connectivity index (χ2v) is 7.13. The topological polar surface area (TPSA) is 97.6 Å². The molecule has 1 amide bonds. The van der Waals surface area contributed by atoms with Crippen molar-refractivity contribution in [3.8, 4) is 0 Å². The Hall–Kier alpha value is -3.85. The highest BCUT2D eigenvalue weighted by molar-refractivity contribution is 6.03. The van der Waals surface area contributed by atoms with Crippen LogP contribution in [0.1, 0.15) is 33.3 Å². The quantitative estimate of drug-likeness (QED) is 0.490. The van der Waals surface area contributed by atoms with E-state index in [0.717, 1.165) is 0 Å². The van der Waals surface area contributed by atoms with Crippen LogP contribution in [0.2, 0.25) is 0 Å². The van der Waals surface area contributed by atoms with E-state index in [0.29, 0.717) is 33.9 Å². The van der Waals surface area contributed by atoms with Crippen LogP contribution in [0.25, 0.3) is 0 Å². The van der Waals surface area contributed by atoms with Crippen LogP contribution in [0, 0.1) is 22.9 Å². The molecule has 31 heavy (non-hydrogen) atoms. The van der Waals surface area contributed by atoms with Crippen molar-refractivity contribution >= 4 is 23.1 Å². The van der Waals surface area contributed by atoms with E-state index in [1.54, 1.807) is 42.3 Å². The number of carbonyl (C=O) groups is 1. The summed E-state index contributed by atoms with van der Waals surface area (Å²) in [6.07, 6.45) is -0.698. The molecule has 0 aliphatic carbocycles. The van der Waals surface area contributed by atoms with Gasteiger partial charge in [0.05, 0.1) is 17.1 Å². The molecular formula is C22H19FN4O4. The fraction of sp³-hybridized carbons (Fsp3) is 0.182. The average Bonchev–Trinajstić information content (AvgIpc) is 2.74. The maximum absolute atomic E-state index is 13.6. The monoisotopic (exact) mass is 422 g/mol. The van der Waals surface area contributed by atoms with Gasteiger partial charge in [-0.1, -0.05) is 0 Å². The number of rotatable bonds is 5. The summed E-state index contributed by atoms with van der Waals surface area (Å²) >= 11 is 0. The normalized spacial score (nSPS) is 15.4. The van der Waals surface area contributed by atoms with Crippen LogP contribution in [-0.4, -0.2) is 22.9 Å². The Kier molecular flexibility index (Phi) is 5.35. The number of nitro groups is 1. The number of fused-ring (bicyclic) bond motifs is 1. The van der Waals surface area contributed by atoms with Gasteiger partial charge in [-0.15, -0.1) is 0 Å². The molecule has 2 aromatic carbocycles. The van der Waals surface area contributed by atoms with Gasteiger partial charge in [0.15, 0.2) is 0 Å². The average molecular weight is 422 g/mol. The minimum absolute atomic E-state index is 0.0593. The molecule has 1 aliphatic rings. The van der Waals surface area contributed by atoms with Crippen LogP contribution < -0.4 is 10.2 Å². The predicted molar refractivity (Wildman–Crippen MR) is 112 cm³/mol. The van der Waals surface area contributed by atoms with Crippen molar-refractivity contribution in [2.24, 2.45) is 0 Å². The lowest BCUT2D eigenvalue weighted by molar-refractivity contribution is -0.384. The number of nitrogens with one attached hydrogen (secondary N) is 1. The van der Waals surface area contributed by atoms with E-state index in [4.69, 9.17) is 4.74 Å². The SMILES string of the molecule is COCc1cc(C)nc2c1C(=O)NC(c1ccc([N+](=O)[O-])cc1)N2c1ccc(F)cc1. The number of pyridine rings is 1. The van der Waals surface area contributed by atoms with E-state index in [9.17, 15) is 19.3 Å². The van der Waals surface area contributed by atoms with Crippen LogP contribution in [0.4, 0.5) is 21.6 Å². The van der Waals surface area contributed by atoms with Gasteiger partial charge in [-0.3, -0.25) is 14.9 Å². The van der Waals surface area contributed by atoms with Gasteiger partial charge in [-0.05, 0) is 60.5 Å². The molecule has 1 atom stereocenters. The van der Waals surface area contributed by atoms with Crippen LogP contribution >= 0.6 is 0 Å². The van der Waals surface area contributed by atoms with Gasteiger partial charge in [0, 0.05) is 30.6 Å². The van der Waals surface area contributed by atoms with Gasteiger partial charge >= 0.3 is 0 Å². The number of amides is 1. The molecule has 0 saturated heterocycles. The first-order chi connectivity index (χ1) is 14.9. The number of hydrogen-bond acceptors (Lipinski definition) is 6. The molecule has 0 saturated carbocycles. The van der Waals surface area contributed by atoms with Crippen molar-refractivity contribution in [1.29, 1.82) is 0 Å². The lowest BCUT2D eigenvalue weighted by Crippen LogP contribution is -2.45. The summed E-state index contributed by atoms with van der Waals surface area (Å²) in [5, 5.41) is 14.0. The Balaban J connectivity index is 1.91. The van der Waals surface area contributed by atoms with Crippen molar-refractivity contribution in [2.45, 2.75) is 19.7 Å². The van der Waals surface area contributed by atoms with E-state index >= 15 is 0 Å². The van der Waals surface area contributed by atoms with Crippen LogP contribution in [0.5, 0.6) is 0 Å². The lowest BCUT2D eigenvalue weighted by Gasteiger charge is -2.39.